The van der Waals surface area contributed by atoms with E-state index in [1.54, 1.807) is 17.7 Å². The van der Waals surface area contributed by atoms with Gasteiger partial charge in [-0.1, -0.05) is 19.4 Å². The molecular formula is C16H22FN5O2. The summed E-state index contributed by atoms with van der Waals surface area (Å²) in [4.78, 5) is 33.1. The zero-order valence-corrected chi connectivity index (χ0v) is 14.0. The van der Waals surface area contributed by atoms with E-state index in [1.807, 2.05) is 11.8 Å². The van der Waals surface area contributed by atoms with Gasteiger partial charge in [0.2, 0.25) is 0 Å². The molecular weight excluding hydrogens is 313 g/mol. The lowest BCUT2D eigenvalue weighted by atomic mass is 10.2. The van der Waals surface area contributed by atoms with Gasteiger partial charge in [0, 0.05) is 20.1 Å². The number of fused-ring (bicyclic) bond motifs is 1. The number of nitrogens with one attached hydrogen (secondary N) is 1. The van der Waals surface area contributed by atoms with E-state index in [-0.39, 0.29) is 12.4 Å². The lowest BCUT2D eigenvalue weighted by molar-refractivity contribution is 0.251. The molecule has 0 aliphatic carbocycles. The molecule has 3 heterocycles. The zero-order chi connectivity index (χ0) is 17.3. The Morgan fingerprint density at radius 3 is 2.88 bits per heavy atom. The molecule has 3 rings (SSSR count). The number of H-pyrrole nitrogens is 1. The van der Waals surface area contributed by atoms with Crippen molar-refractivity contribution >= 4 is 11.2 Å². The molecule has 0 bridgehead atoms. The Labute approximate surface area is 138 Å². The van der Waals surface area contributed by atoms with Crippen LogP contribution in [0.4, 0.5) is 4.39 Å². The van der Waals surface area contributed by atoms with E-state index in [9.17, 15) is 14.0 Å². The van der Waals surface area contributed by atoms with Crippen LogP contribution in [0.25, 0.3) is 11.2 Å². The van der Waals surface area contributed by atoms with Gasteiger partial charge < -0.3 is 4.57 Å². The minimum atomic E-state index is -0.436. The summed E-state index contributed by atoms with van der Waals surface area (Å²) in [5.41, 5.74) is -0.0808. The highest BCUT2D eigenvalue weighted by atomic mass is 19.1. The van der Waals surface area contributed by atoms with Crippen LogP contribution in [0, 0.1) is 0 Å². The number of unbranched alkanes of at least 4 members (excludes halogenated alkanes) is 1. The van der Waals surface area contributed by atoms with Crippen molar-refractivity contribution in [2.24, 2.45) is 7.05 Å². The third-order valence-electron chi connectivity index (χ3n) is 4.39. The maximum Gasteiger partial charge on any atom is 0.330 e. The second kappa shape index (κ2) is 6.72. The molecule has 2 aromatic heterocycles. The van der Waals surface area contributed by atoms with Gasteiger partial charge in [-0.15, -0.1) is 0 Å². The number of rotatable bonds is 5. The highest BCUT2D eigenvalue weighted by molar-refractivity contribution is 5.70. The predicted octanol–water partition coefficient (Wildman–Crippen LogP) is 1.28. The summed E-state index contributed by atoms with van der Waals surface area (Å²) in [6, 6.07) is 0. The maximum atomic E-state index is 13.5. The Hall–Kier alpha value is -2.22. The average molecular weight is 335 g/mol. The summed E-state index contributed by atoms with van der Waals surface area (Å²) in [5.74, 6) is 0.513. The molecule has 0 saturated heterocycles. The van der Waals surface area contributed by atoms with E-state index in [4.69, 9.17) is 0 Å². The molecule has 1 aliphatic heterocycles. The molecule has 24 heavy (non-hydrogen) atoms. The minimum absolute atomic E-state index is 0.141. The predicted molar refractivity (Wildman–Crippen MR) is 89.6 cm³/mol. The molecule has 0 radical (unpaired) electrons. The first kappa shape index (κ1) is 16.6. The summed E-state index contributed by atoms with van der Waals surface area (Å²) < 4.78 is 16.7. The van der Waals surface area contributed by atoms with Crippen molar-refractivity contribution in [3.05, 3.63) is 38.6 Å². The molecule has 2 aromatic rings. The van der Waals surface area contributed by atoms with Crippen LogP contribution in [0.3, 0.4) is 0 Å². The van der Waals surface area contributed by atoms with Gasteiger partial charge in [0.1, 0.15) is 11.7 Å². The van der Waals surface area contributed by atoms with Crippen molar-refractivity contribution in [2.45, 2.75) is 39.3 Å². The topological polar surface area (TPSA) is 75.9 Å². The molecule has 0 aromatic carbocycles. The smallest absolute Gasteiger partial charge is 0.324 e. The highest BCUT2D eigenvalue weighted by Crippen LogP contribution is 2.16. The Morgan fingerprint density at radius 2 is 2.17 bits per heavy atom. The van der Waals surface area contributed by atoms with Crippen molar-refractivity contribution in [3.8, 4) is 0 Å². The summed E-state index contributed by atoms with van der Waals surface area (Å²) in [6.45, 7) is 3.99. The van der Waals surface area contributed by atoms with E-state index < -0.39 is 11.2 Å². The van der Waals surface area contributed by atoms with E-state index in [0.717, 1.165) is 19.4 Å². The van der Waals surface area contributed by atoms with Gasteiger partial charge in [0.05, 0.1) is 13.1 Å². The Kier molecular flexibility index (Phi) is 4.66. The molecule has 8 heteroatoms. The van der Waals surface area contributed by atoms with Crippen LogP contribution in [0.5, 0.6) is 0 Å². The fourth-order valence-corrected chi connectivity index (χ4v) is 3.05. The van der Waals surface area contributed by atoms with Crippen LogP contribution in [0.2, 0.25) is 0 Å². The van der Waals surface area contributed by atoms with Gasteiger partial charge in [-0.3, -0.25) is 19.2 Å². The van der Waals surface area contributed by atoms with Crippen LogP contribution in [0.1, 0.15) is 32.0 Å². The summed E-state index contributed by atoms with van der Waals surface area (Å²) >= 11 is 0. The lowest BCUT2D eigenvalue weighted by Crippen LogP contribution is -2.31. The van der Waals surface area contributed by atoms with Crippen LogP contribution >= 0.6 is 0 Å². The first-order valence-corrected chi connectivity index (χ1v) is 8.26. The Morgan fingerprint density at radius 1 is 1.38 bits per heavy atom. The minimum Gasteiger partial charge on any atom is -0.324 e. The number of aromatic nitrogens is 4. The molecule has 7 nitrogen and oxygen atoms in total. The number of hydrogen-bond donors (Lipinski definition) is 1. The van der Waals surface area contributed by atoms with Crippen LogP contribution in [-0.2, 0) is 20.1 Å². The third kappa shape index (κ3) is 3.06. The maximum absolute atomic E-state index is 13.5. The van der Waals surface area contributed by atoms with Crippen LogP contribution < -0.4 is 11.2 Å². The third-order valence-corrected chi connectivity index (χ3v) is 4.39. The Bertz CT molecular complexity index is 892. The van der Waals surface area contributed by atoms with Crippen LogP contribution in [0.15, 0.2) is 21.5 Å². The molecule has 0 amide bonds. The first-order chi connectivity index (χ1) is 11.5. The second-order valence-electron chi connectivity index (χ2n) is 6.17. The van der Waals surface area contributed by atoms with Gasteiger partial charge in [0.15, 0.2) is 11.2 Å². The normalized spacial score (nSPS) is 15.9. The molecule has 130 valence electrons. The van der Waals surface area contributed by atoms with E-state index in [0.29, 0.717) is 36.5 Å². The fraction of sp³-hybridized carbons (Fsp3) is 0.562. The number of hydrogen-bond acceptors (Lipinski definition) is 4. The molecule has 1 N–H and O–H groups in total. The average Bonchev–Trinajstić information content (AvgIpc) is 2.84. The number of nitrogens with zero attached hydrogens (tertiary/aromatic N) is 4. The summed E-state index contributed by atoms with van der Waals surface area (Å²) in [7, 11) is 1.75. The largest absolute Gasteiger partial charge is 0.330 e. The standard InChI is InChI=1S/C16H22FN5O2/c1-3-4-8-22-14-13(15(23)19-16(22)24)20(2)12(18-14)10-21-7-5-6-11(17)9-21/h6H,3-5,7-10H2,1-2H3,(H,19,23,24). The van der Waals surface area contributed by atoms with Gasteiger partial charge >= 0.3 is 5.69 Å². The SMILES string of the molecule is CCCCn1c(=O)[nH]c(=O)c2c1nc(CN1CCC=C(F)C1)n2C. The molecule has 0 unspecified atom stereocenters. The molecule has 1 aliphatic rings. The fourth-order valence-electron chi connectivity index (χ4n) is 3.05. The van der Waals surface area contributed by atoms with Gasteiger partial charge in [-0.25, -0.2) is 14.2 Å². The van der Waals surface area contributed by atoms with E-state index >= 15 is 0 Å². The van der Waals surface area contributed by atoms with Crippen molar-refractivity contribution in [2.75, 3.05) is 13.1 Å². The number of aromatic amines is 1. The monoisotopic (exact) mass is 335 g/mol. The summed E-state index contributed by atoms with van der Waals surface area (Å²) in [5, 5.41) is 0. The van der Waals surface area contributed by atoms with Crippen molar-refractivity contribution in [1.29, 1.82) is 0 Å². The van der Waals surface area contributed by atoms with E-state index in [2.05, 4.69) is 9.97 Å². The van der Waals surface area contributed by atoms with Gasteiger partial charge in [-0.2, -0.15) is 0 Å². The second-order valence-corrected chi connectivity index (χ2v) is 6.17. The van der Waals surface area contributed by atoms with Crippen LogP contribution in [-0.4, -0.2) is 37.1 Å². The Balaban J connectivity index is 2.02. The van der Waals surface area contributed by atoms with Gasteiger partial charge in [0.25, 0.3) is 5.56 Å². The number of imidazole rings is 1. The highest BCUT2D eigenvalue weighted by Gasteiger charge is 2.19. The first-order valence-electron chi connectivity index (χ1n) is 8.26. The molecule has 0 saturated carbocycles. The molecule has 0 spiro atoms. The van der Waals surface area contributed by atoms with Crippen molar-refractivity contribution < 1.29 is 4.39 Å². The summed E-state index contributed by atoms with van der Waals surface area (Å²) in [6.07, 6.45) is 4.03. The molecule has 0 atom stereocenters. The lowest BCUT2D eigenvalue weighted by Gasteiger charge is -2.23. The van der Waals surface area contributed by atoms with Crippen molar-refractivity contribution in [1.82, 2.24) is 24.0 Å². The number of halogens is 1. The molecule has 0 fully saturated rings. The quantitative estimate of drug-likeness (QED) is 0.893. The van der Waals surface area contributed by atoms with Crippen molar-refractivity contribution in [3.63, 3.8) is 0 Å². The zero-order valence-electron chi connectivity index (χ0n) is 14.0. The van der Waals surface area contributed by atoms with Gasteiger partial charge in [-0.05, 0) is 12.8 Å². The van der Waals surface area contributed by atoms with E-state index in [1.165, 1.54) is 4.57 Å². The number of aryl methyl sites for hydroxylation is 2.